The van der Waals surface area contributed by atoms with Gasteiger partial charge in [-0.1, -0.05) is 30.3 Å². The van der Waals surface area contributed by atoms with Crippen LogP contribution in [0, 0.1) is 0 Å². The van der Waals surface area contributed by atoms with Gasteiger partial charge in [-0.25, -0.2) is 4.98 Å². The maximum atomic E-state index is 4.57. The SMILES string of the molecule is CN=C(NCc1ccnc(N2CCCCC2)c1)NCC1(c2ccccc2)CC1. The van der Waals surface area contributed by atoms with Crippen LogP contribution < -0.4 is 15.5 Å². The molecule has 0 bridgehead atoms. The van der Waals surface area contributed by atoms with E-state index in [1.165, 1.54) is 43.2 Å². The standard InChI is InChI=1S/C23H31N5/c1-24-22(27-18-23(11-12-23)20-8-4-2-5-9-20)26-17-19-10-13-25-21(16-19)28-14-6-3-7-15-28/h2,4-5,8-10,13,16H,3,6-7,11-12,14-15,17-18H2,1H3,(H2,24,26,27). The van der Waals surface area contributed by atoms with E-state index in [0.717, 1.165) is 38.0 Å². The summed E-state index contributed by atoms with van der Waals surface area (Å²) in [5.74, 6) is 1.96. The van der Waals surface area contributed by atoms with Crippen molar-refractivity contribution in [3.63, 3.8) is 0 Å². The molecule has 148 valence electrons. The average molecular weight is 378 g/mol. The Balaban J connectivity index is 1.31. The Morgan fingerprint density at radius 1 is 1.07 bits per heavy atom. The molecule has 0 atom stereocenters. The van der Waals surface area contributed by atoms with Crippen LogP contribution in [0.15, 0.2) is 53.7 Å². The number of piperidine rings is 1. The molecule has 2 N–H and O–H groups in total. The number of hydrogen-bond acceptors (Lipinski definition) is 3. The largest absolute Gasteiger partial charge is 0.357 e. The van der Waals surface area contributed by atoms with Crippen LogP contribution in [0.1, 0.15) is 43.2 Å². The predicted molar refractivity (Wildman–Crippen MR) is 116 cm³/mol. The van der Waals surface area contributed by atoms with Crippen molar-refractivity contribution in [3.05, 3.63) is 59.8 Å². The molecule has 0 unspecified atom stereocenters. The first-order chi connectivity index (χ1) is 13.8. The van der Waals surface area contributed by atoms with E-state index in [2.05, 4.69) is 68.0 Å². The molecule has 28 heavy (non-hydrogen) atoms. The second kappa shape index (κ2) is 8.63. The van der Waals surface area contributed by atoms with Crippen LogP contribution in [0.4, 0.5) is 5.82 Å². The molecule has 4 rings (SSSR count). The van der Waals surface area contributed by atoms with Crippen molar-refractivity contribution in [3.8, 4) is 0 Å². The molecule has 0 amide bonds. The molecule has 1 aliphatic carbocycles. The zero-order valence-electron chi connectivity index (χ0n) is 16.8. The average Bonchev–Trinajstić information content (AvgIpc) is 3.56. The van der Waals surface area contributed by atoms with Gasteiger partial charge in [-0.2, -0.15) is 0 Å². The Morgan fingerprint density at radius 2 is 1.86 bits per heavy atom. The molecule has 2 fully saturated rings. The van der Waals surface area contributed by atoms with Gasteiger partial charge < -0.3 is 15.5 Å². The van der Waals surface area contributed by atoms with Crippen molar-refractivity contribution in [1.29, 1.82) is 0 Å². The molecule has 0 radical (unpaired) electrons. The zero-order chi connectivity index (χ0) is 19.2. The molecule has 1 saturated heterocycles. The highest BCUT2D eigenvalue weighted by molar-refractivity contribution is 5.79. The van der Waals surface area contributed by atoms with Gasteiger partial charge in [0.05, 0.1) is 0 Å². The highest BCUT2D eigenvalue weighted by atomic mass is 15.2. The Kier molecular flexibility index (Phi) is 5.79. The van der Waals surface area contributed by atoms with Crippen molar-refractivity contribution in [1.82, 2.24) is 15.6 Å². The van der Waals surface area contributed by atoms with Gasteiger partial charge in [0.2, 0.25) is 0 Å². The summed E-state index contributed by atoms with van der Waals surface area (Å²) in [5, 5.41) is 6.99. The molecule has 2 aromatic rings. The minimum Gasteiger partial charge on any atom is -0.357 e. The number of rotatable bonds is 6. The van der Waals surface area contributed by atoms with Gasteiger partial charge in [0.25, 0.3) is 0 Å². The molecule has 5 nitrogen and oxygen atoms in total. The molecular weight excluding hydrogens is 346 g/mol. The monoisotopic (exact) mass is 377 g/mol. The smallest absolute Gasteiger partial charge is 0.191 e. The summed E-state index contributed by atoms with van der Waals surface area (Å²) >= 11 is 0. The van der Waals surface area contributed by atoms with Crippen LogP contribution >= 0.6 is 0 Å². The zero-order valence-corrected chi connectivity index (χ0v) is 16.8. The van der Waals surface area contributed by atoms with Gasteiger partial charge in [0, 0.05) is 44.8 Å². The molecule has 1 saturated carbocycles. The van der Waals surface area contributed by atoms with Gasteiger partial charge in [-0.3, -0.25) is 4.99 Å². The van der Waals surface area contributed by atoms with Gasteiger partial charge >= 0.3 is 0 Å². The third-order valence-electron chi connectivity index (χ3n) is 6.01. The first-order valence-corrected chi connectivity index (χ1v) is 10.5. The lowest BCUT2D eigenvalue weighted by molar-refractivity contribution is 0.573. The van der Waals surface area contributed by atoms with E-state index in [1.807, 2.05) is 13.2 Å². The number of guanidine groups is 1. The fourth-order valence-corrected chi connectivity index (χ4v) is 4.04. The van der Waals surface area contributed by atoms with E-state index >= 15 is 0 Å². The van der Waals surface area contributed by atoms with Crippen LogP contribution in [0.5, 0.6) is 0 Å². The molecule has 1 aromatic heterocycles. The number of nitrogens with zero attached hydrogens (tertiary/aromatic N) is 3. The van der Waals surface area contributed by atoms with Gasteiger partial charge in [-0.15, -0.1) is 0 Å². The number of aromatic nitrogens is 1. The van der Waals surface area contributed by atoms with Crippen molar-refractivity contribution in [2.45, 2.75) is 44.1 Å². The third-order valence-corrected chi connectivity index (χ3v) is 6.01. The Bertz CT molecular complexity index is 792. The second-order valence-corrected chi connectivity index (χ2v) is 8.00. The van der Waals surface area contributed by atoms with E-state index in [1.54, 1.807) is 0 Å². The van der Waals surface area contributed by atoms with E-state index in [4.69, 9.17) is 0 Å². The van der Waals surface area contributed by atoms with E-state index < -0.39 is 0 Å². The molecule has 2 heterocycles. The number of benzene rings is 1. The predicted octanol–water partition coefficient (Wildman–Crippen LogP) is 3.47. The lowest BCUT2D eigenvalue weighted by Crippen LogP contribution is -2.41. The number of nitrogens with one attached hydrogen (secondary N) is 2. The summed E-state index contributed by atoms with van der Waals surface area (Å²) < 4.78 is 0. The van der Waals surface area contributed by atoms with Crippen LogP contribution in [-0.4, -0.2) is 37.6 Å². The van der Waals surface area contributed by atoms with Crippen molar-refractivity contribution in [2.24, 2.45) is 4.99 Å². The van der Waals surface area contributed by atoms with Crippen molar-refractivity contribution < 1.29 is 0 Å². The molecule has 5 heteroatoms. The Morgan fingerprint density at radius 3 is 2.57 bits per heavy atom. The van der Waals surface area contributed by atoms with E-state index in [9.17, 15) is 0 Å². The molecule has 1 aliphatic heterocycles. The number of aliphatic imine (C=N–C) groups is 1. The van der Waals surface area contributed by atoms with E-state index in [0.29, 0.717) is 0 Å². The van der Waals surface area contributed by atoms with Crippen LogP contribution in [0.25, 0.3) is 0 Å². The number of pyridine rings is 1. The fraction of sp³-hybridized carbons (Fsp3) is 0.478. The summed E-state index contributed by atoms with van der Waals surface area (Å²) in [4.78, 5) is 11.4. The molecule has 0 spiro atoms. The summed E-state index contributed by atoms with van der Waals surface area (Å²) in [7, 11) is 1.84. The molecule has 2 aliphatic rings. The van der Waals surface area contributed by atoms with Crippen LogP contribution in [0.2, 0.25) is 0 Å². The number of anilines is 1. The first kappa shape index (κ1) is 18.8. The second-order valence-electron chi connectivity index (χ2n) is 8.00. The fourth-order valence-electron chi connectivity index (χ4n) is 4.04. The topological polar surface area (TPSA) is 52.6 Å². The van der Waals surface area contributed by atoms with Crippen molar-refractivity contribution in [2.75, 3.05) is 31.6 Å². The molecule has 1 aromatic carbocycles. The minimum absolute atomic E-state index is 0.275. The van der Waals surface area contributed by atoms with Crippen LogP contribution in [-0.2, 0) is 12.0 Å². The lowest BCUT2D eigenvalue weighted by Gasteiger charge is -2.28. The maximum absolute atomic E-state index is 4.57. The highest BCUT2D eigenvalue weighted by Gasteiger charge is 2.43. The summed E-state index contributed by atoms with van der Waals surface area (Å²) in [5.41, 5.74) is 2.94. The van der Waals surface area contributed by atoms with Crippen molar-refractivity contribution >= 4 is 11.8 Å². The van der Waals surface area contributed by atoms with E-state index in [-0.39, 0.29) is 5.41 Å². The van der Waals surface area contributed by atoms with Crippen LogP contribution in [0.3, 0.4) is 0 Å². The first-order valence-electron chi connectivity index (χ1n) is 10.5. The summed E-state index contributed by atoms with van der Waals surface area (Å²) in [6.45, 7) is 3.91. The Labute approximate surface area is 168 Å². The Hall–Kier alpha value is -2.56. The quantitative estimate of drug-likeness (QED) is 0.598. The third kappa shape index (κ3) is 4.46. The lowest BCUT2D eigenvalue weighted by atomic mass is 9.96. The van der Waals surface area contributed by atoms with Gasteiger partial charge in [-0.05, 0) is 55.4 Å². The number of hydrogen-bond donors (Lipinski definition) is 2. The molecular formula is C23H31N5. The maximum Gasteiger partial charge on any atom is 0.191 e. The highest BCUT2D eigenvalue weighted by Crippen LogP contribution is 2.47. The normalized spacial score (nSPS) is 18.6. The summed E-state index contributed by atoms with van der Waals surface area (Å²) in [6, 6.07) is 15.1. The van der Waals surface area contributed by atoms with Gasteiger partial charge in [0.1, 0.15) is 5.82 Å². The summed E-state index contributed by atoms with van der Waals surface area (Å²) in [6.07, 6.45) is 8.28. The minimum atomic E-state index is 0.275. The van der Waals surface area contributed by atoms with Gasteiger partial charge in [0.15, 0.2) is 5.96 Å².